The van der Waals surface area contributed by atoms with E-state index in [1.54, 1.807) is 12.3 Å². The van der Waals surface area contributed by atoms with Crippen LogP contribution in [0.4, 0.5) is 5.69 Å². The Bertz CT molecular complexity index is 845. The van der Waals surface area contributed by atoms with E-state index in [1.807, 2.05) is 48.5 Å². The maximum atomic E-state index is 10.3. The number of rotatable bonds is 2. The first kappa shape index (κ1) is 14.1. The van der Waals surface area contributed by atoms with Gasteiger partial charge < -0.3 is 5.11 Å². The molecule has 0 aliphatic heterocycles. The summed E-state index contributed by atoms with van der Waals surface area (Å²) in [5.41, 5.74) is 1.44. The highest BCUT2D eigenvalue weighted by molar-refractivity contribution is 9.10. The standard InChI is InChI=1S/C17H11BrClNO/c18-15-9-13(7-8-16(15)19)20-10-12-6-5-11-3-1-2-4-14(11)17(12)21/h1-10,21H. The van der Waals surface area contributed by atoms with Crippen LogP contribution in [0, 0.1) is 0 Å². The van der Waals surface area contributed by atoms with E-state index >= 15 is 0 Å². The topological polar surface area (TPSA) is 32.6 Å². The number of phenols is 1. The van der Waals surface area contributed by atoms with Gasteiger partial charge >= 0.3 is 0 Å². The maximum absolute atomic E-state index is 10.3. The predicted octanol–water partition coefficient (Wildman–Crippen LogP) is 5.71. The Hall–Kier alpha value is -1.84. The number of nitrogens with zero attached hydrogens (tertiary/aromatic N) is 1. The lowest BCUT2D eigenvalue weighted by Gasteiger charge is -2.04. The van der Waals surface area contributed by atoms with Crippen molar-refractivity contribution in [2.24, 2.45) is 4.99 Å². The van der Waals surface area contributed by atoms with Gasteiger partial charge in [0.25, 0.3) is 0 Å². The molecule has 1 N–H and O–H groups in total. The highest BCUT2D eigenvalue weighted by Crippen LogP contribution is 2.29. The molecule has 0 fully saturated rings. The van der Waals surface area contributed by atoms with Crippen LogP contribution in [-0.2, 0) is 0 Å². The predicted molar refractivity (Wildman–Crippen MR) is 92.0 cm³/mol. The average molecular weight is 361 g/mol. The van der Waals surface area contributed by atoms with Crippen molar-refractivity contribution >= 4 is 50.2 Å². The first-order valence-electron chi connectivity index (χ1n) is 6.35. The summed E-state index contributed by atoms with van der Waals surface area (Å²) < 4.78 is 0.793. The summed E-state index contributed by atoms with van der Waals surface area (Å²) in [7, 11) is 0. The smallest absolute Gasteiger partial charge is 0.132 e. The van der Waals surface area contributed by atoms with Crippen molar-refractivity contribution in [3.8, 4) is 5.75 Å². The SMILES string of the molecule is Oc1c(C=Nc2ccc(Cl)c(Br)c2)ccc2ccccc12. The van der Waals surface area contributed by atoms with Crippen LogP contribution >= 0.6 is 27.5 Å². The van der Waals surface area contributed by atoms with Gasteiger partial charge in [0, 0.05) is 21.6 Å². The van der Waals surface area contributed by atoms with E-state index in [2.05, 4.69) is 20.9 Å². The molecule has 0 spiro atoms. The zero-order valence-electron chi connectivity index (χ0n) is 10.9. The molecule has 3 aromatic rings. The minimum Gasteiger partial charge on any atom is -0.507 e. The highest BCUT2D eigenvalue weighted by Gasteiger charge is 2.04. The largest absolute Gasteiger partial charge is 0.507 e. The van der Waals surface area contributed by atoms with Crippen molar-refractivity contribution in [2.75, 3.05) is 0 Å². The lowest BCUT2D eigenvalue weighted by molar-refractivity contribution is 0.481. The Kier molecular flexibility index (Phi) is 3.95. The van der Waals surface area contributed by atoms with E-state index in [9.17, 15) is 5.11 Å². The molecule has 104 valence electrons. The number of phenolic OH excluding ortho intramolecular Hbond substituents is 1. The van der Waals surface area contributed by atoms with Crippen LogP contribution in [0.5, 0.6) is 5.75 Å². The molecule has 0 radical (unpaired) electrons. The van der Waals surface area contributed by atoms with Crippen LogP contribution in [0.3, 0.4) is 0 Å². The van der Waals surface area contributed by atoms with E-state index in [0.29, 0.717) is 10.6 Å². The summed E-state index contributed by atoms with van der Waals surface area (Å²) >= 11 is 9.31. The van der Waals surface area contributed by atoms with Gasteiger partial charge in [-0.25, -0.2) is 0 Å². The van der Waals surface area contributed by atoms with E-state index < -0.39 is 0 Å². The molecular weight excluding hydrogens is 350 g/mol. The van der Waals surface area contributed by atoms with Crippen molar-refractivity contribution in [3.63, 3.8) is 0 Å². The lowest BCUT2D eigenvalue weighted by Crippen LogP contribution is -1.84. The second-order valence-corrected chi connectivity index (χ2v) is 5.84. The number of halogens is 2. The Balaban J connectivity index is 1.99. The van der Waals surface area contributed by atoms with Crippen LogP contribution < -0.4 is 0 Å². The molecule has 3 rings (SSSR count). The van der Waals surface area contributed by atoms with Gasteiger partial charge in [0.2, 0.25) is 0 Å². The Morgan fingerprint density at radius 3 is 2.67 bits per heavy atom. The van der Waals surface area contributed by atoms with Gasteiger partial charge in [-0.2, -0.15) is 0 Å². The van der Waals surface area contributed by atoms with E-state index in [4.69, 9.17) is 11.6 Å². The quantitative estimate of drug-likeness (QED) is 0.583. The lowest BCUT2D eigenvalue weighted by atomic mass is 10.1. The molecular formula is C17H11BrClNO. The molecule has 21 heavy (non-hydrogen) atoms. The maximum Gasteiger partial charge on any atom is 0.132 e. The Morgan fingerprint density at radius 2 is 1.86 bits per heavy atom. The fourth-order valence-electron chi connectivity index (χ4n) is 2.09. The number of hydrogen-bond donors (Lipinski definition) is 1. The molecule has 3 aromatic carbocycles. The molecule has 4 heteroatoms. The molecule has 0 unspecified atom stereocenters. The summed E-state index contributed by atoms with van der Waals surface area (Å²) in [4.78, 5) is 4.37. The third-order valence-electron chi connectivity index (χ3n) is 3.19. The molecule has 0 aliphatic rings. The second-order valence-electron chi connectivity index (χ2n) is 4.58. The van der Waals surface area contributed by atoms with Crippen LogP contribution in [0.2, 0.25) is 5.02 Å². The second kappa shape index (κ2) is 5.88. The Morgan fingerprint density at radius 1 is 1.05 bits per heavy atom. The number of aliphatic imine (C=N–C) groups is 1. The molecule has 0 amide bonds. The zero-order chi connectivity index (χ0) is 14.8. The number of fused-ring (bicyclic) bond motifs is 1. The molecule has 2 nitrogen and oxygen atoms in total. The van der Waals surface area contributed by atoms with E-state index in [1.165, 1.54) is 0 Å². The number of hydrogen-bond acceptors (Lipinski definition) is 2. The fraction of sp³-hybridized carbons (Fsp3) is 0. The normalized spacial score (nSPS) is 11.3. The molecule has 0 atom stereocenters. The van der Waals surface area contributed by atoms with Crippen LogP contribution in [-0.4, -0.2) is 11.3 Å². The third-order valence-corrected chi connectivity index (χ3v) is 4.40. The zero-order valence-corrected chi connectivity index (χ0v) is 13.3. The van der Waals surface area contributed by atoms with Crippen LogP contribution in [0.15, 0.2) is 64.1 Å². The third kappa shape index (κ3) is 2.94. The van der Waals surface area contributed by atoms with Gasteiger partial charge in [-0.05, 0) is 45.6 Å². The molecule has 0 aromatic heterocycles. The van der Waals surface area contributed by atoms with Gasteiger partial charge in [0.1, 0.15) is 5.75 Å². The molecule has 0 heterocycles. The fourth-order valence-corrected chi connectivity index (χ4v) is 2.57. The van der Waals surface area contributed by atoms with Crippen molar-refractivity contribution in [1.29, 1.82) is 0 Å². The van der Waals surface area contributed by atoms with Gasteiger partial charge in [-0.15, -0.1) is 0 Å². The van der Waals surface area contributed by atoms with Crippen molar-refractivity contribution < 1.29 is 5.11 Å². The first-order valence-corrected chi connectivity index (χ1v) is 7.52. The number of benzene rings is 3. The summed E-state index contributed by atoms with van der Waals surface area (Å²) in [5, 5.41) is 12.8. The van der Waals surface area contributed by atoms with Crippen molar-refractivity contribution in [1.82, 2.24) is 0 Å². The van der Waals surface area contributed by atoms with Crippen LogP contribution in [0.25, 0.3) is 10.8 Å². The van der Waals surface area contributed by atoms with Gasteiger partial charge in [-0.1, -0.05) is 41.9 Å². The van der Waals surface area contributed by atoms with Crippen molar-refractivity contribution in [3.05, 3.63) is 69.7 Å². The van der Waals surface area contributed by atoms with E-state index in [-0.39, 0.29) is 5.75 Å². The Labute approximate surface area is 135 Å². The summed E-state index contributed by atoms with van der Waals surface area (Å²) in [6, 6.07) is 16.9. The van der Waals surface area contributed by atoms with Gasteiger partial charge in [-0.3, -0.25) is 4.99 Å². The monoisotopic (exact) mass is 359 g/mol. The van der Waals surface area contributed by atoms with Gasteiger partial charge in [0.05, 0.1) is 10.7 Å². The van der Waals surface area contributed by atoms with Gasteiger partial charge in [0.15, 0.2) is 0 Å². The van der Waals surface area contributed by atoms with Crippen molar-refractivity contribution in [2.45, 2.75) is 0 Å². The van der Waals surface area contributed by atoms with E-state index in [0.717, 1.165) is 20.9 Å². The summed E-state index contributed by atoms with van der Waals surface area (Å²) in [5.74, 6) is 0.241. The molecule has 0 aliphatic carbocycles. The minimum atomic E-state index is 0.241. The molecule has 0 bridgehead atoms. The minimum absolute atomic E-state index is 0.241. The summed E-state index contributed by atoms with van der Waals surface area (Å²) in [6.45, 7) is 0. The highest BCUT2D eigenvalue weighted by atomic mass is 79.9. The first-order chi connectivity index (χ1) is 10.1. The summed E-state index contributed by atoms with van der Waals surface area (Å²) in [6.07, 6.45) is 1.65. The molecule has 0 saturated heterocycles. The van der Waals surface area contributed by atoms with Crippen LogP contribution in [0.1, 0.15) is 5.56 Å². The average Bonchev–Trinajstić information content (AvgIpc) is 2.50. The number of aromatic hydroxyl groups is 1. The molecule has 0 saturated carbocycles.